The number of aromatic nitrogens is 6. The van der Waals surface area contributed by atoms with E-state index in [1.54, 1.807) is 15.4 Å². The van der Waals surface area contributed by atoms with Crippen LogP contribution in [0.4, 0.5) is 0 Å². The fourth-order valence-corrected chi connectivity index (χ4v) is 5.22. The molecule has 1 aliphatic rings. The zero-order valence-corrected chi connectivity index (χ0v) is 27.6. The number of nitrogens with zero attached hydrogens (tertiary/aromatic N) is 6. The fraction of sp³-hybridized carbons (Fsp3) is 0.250. The van der Waals surface area contributed by atoms with Crippen molar-refractivity contribution < 1.29 is 9.31 Å². The van der Waals surface area contributed by atoms with Crippen LogP contribution >= 0.6 is 34.8 Å². The Morgan fingerprint density at radius 3 is 1.70 bits per heavy atom. The number of fused-ring (bicyclic) bond motifs is 2. The second-order valence-corrected chi connectivity index (χ2v) is 12.5. The summed E-state index contributed by atoms with van der Waals surface area (Å²) in [5, 5.41) is 12.3. The maximum absolute atomic E-state index is 6.24. The first-order valence-electron chi connectivity index (χ1n) is 13.9. The number of aryl methyl sites for hydroxylation is 2. The van der Waals surface area contributed by atoms with E-state index in [-0.39, 0.29) is 18.3 Å². The van der Waals surface area contributed by atoms with Crippen LogP contribution in [0.3, 0.4) is 0 Å². The lowest BCUT2D eigenvalue weighted by Crippen LogP contribution is -2.41. The fourth-order valence-electron chi connectivity index (χ4n) is 4.44. The predicted molar refractivity (Wildman–Crippen MR) is 180 cm³/mol. The van der Waals surface area contributed by atoms with E-state index in [1.807, 2.05) is 121 Å². The number of benzene rings is 2. The van der Waals surface area contributed by atoms with Gasteiger partial charge in [0.15, 0.2) is 0 Å². The predicted octanol–water partition coefficient (Wildman–Crippen LogP) is 7.55. The second-order valence-electron chi connectivity index (χ2n) is 11.3. The van der Waals surface area contributed by atoms with Crippen LogP contribution in [0.5, 0.6) is 0 Å². The minimum Gasteiger partial charge on any atom is -0.398 e. The van der Waals surface area contributed by atoms with Crippen LogP contribution in [-0.2, 0) is 23.4 Å². The number of para-hydroxylation sites is 2. The van der Waals surface area contributed by atoms with Gasteiger partial charge in [-0.25, -0.2) is 9.97 Å². The van der Waals surface area contributed by atoms with E-state index in [2.05, 4.69) is 20.2 Å². The van der Waals surface area contributed by atoms with E-state index in [9.17, 15) is 0 Å². The number of hydrogen-bond donors (Lipinski definition) is 0. The summed E-state index contributed by atoms with van der Waals surface area (Å²) < 4.78 is 15.2. The molecule has 0 spiro atoms. The molecule has 4 aromatic heterocycles. The van der Waals surface area contributed by atoms with E-state index < -0.39 is 0 Å². The Kier molecular flexibility index (Phi) is 9.34. The first-order chi connectivity index (χ1) is 20.8. The second kappa shape index (κ2) is 12.9. The van der Waals surface area contributed by atoms with Crippen molar-refractivity contribution in [2.75, 3.05) is 0 Å². The minimum absolute atomic E-state index is 0.296. The van der Waals surface area contributed by atoms with E-state index in [0.29, 0.717) is 15.2 Å². The molecule has 1 fully saturated rings. The lowest BCUT2D eigenvalue weighted by Gasteiger charge is -2.32. The van der Waals surface area contributed by atoms with Gasteiger partial charge in [-0.05, 0) is 64.1 Å². The third kappa shape index (κ3) is 7.09. The Morgan fingerprint density at radius 1 is 0.636 bits per heavy atom. The Balaban J connectivity index is 0.000000133. The summed E-state index contributed by atoms with van der Waals surface area (Å²) in [6, 6.07) is 22.8. The summed E-state index contributed by atoms with van der Waals surface area (Å²) in [6.07, 6.45) is 3.78. The molecule has 5 heterocycles. The monoisotopic (exact) mass is 648 g/mol. The lowest BCUT2D eigenvalue weighted by molar-refractivity contribution is 0.00578. The van der Waals surface area contributed by atoms with Crippen molar-refractivity contribution in [2.45, 2.75) is 38.9 Å². The van der Waals surface area contributed by atoms with Crippen LogP contribution in [0, 0.1) is 0 Å². The molecule has 0 radical (unpaired) electrons. The molecule has 6 aromatic rings. The highest BCUT2D eigenvalue weighted by Gasteiger charge is 2.52. The maximum atomic E-state index is 6.24. The molecule has 8 nitrogen and oxygen atoms in total. The van der Waals surface area contributed by atoms with Crippen LogP contribution in [0.1, 0.15) is 27.7 Å². The van der Waals surface area contributed by atoms with Gasteiger partial charge in [-0.2, -0.15) is 10.2 Å². The summed E-state index contributed by atoms with van der Waals surface area (Å²) in [6.45, 7) is 8.15. The van der Waals surface area contributed by atoms with Crippen LogP contribution < -0.4 is 5.59 Å². The van der Waals surface area contributed by atoms with Gasteiger partial charge in [-0.3, -0.25) is 9.36 Å². The van der Waals surface area contributed by atoms with E-state index in [4.69, 9.17) is 44.1 Å². The molecule has 44 heavy (non-hydrogen) atoms. The largest absolute Gasteiger partial charge is 0.516 e. The molecule has 0 aliphatic carbocycles. The summed E-state index contributed by atoms with van der Waals surface area (Å²) in [5.74, 6) is 0. The van der Waals surface area contributed by atoms with E-state index >= 15 is 0 Å². The van der Waals surface area contributed by atoms with Gasteiger partial charge in [-0.15, -0.1) is 0 Å². The molecular weight excluding hydrogens is 618 g/mol. The number of pyridine rings is 2. The molecule has 226 valence electrons. The van der Waals surface area contributed by atoms with Crippen molar-refractivity contribution in [3.63, 3.8) is 0 Å². The molecular formula is C32H32BCl3N6O2. The molecule has 1 aliphatic heterocycles. The molecule has 0 saturated carbocycles. The summed E-state index contributed by atoms with van der Waals surface area (Å²) >= 11 is 17.9. The summed E-state index contributed by atoms with van der Waals surface area (Å²) in [4.78, 5) is 8.68. The molecule has 0 atom stereocenters. The van der Waals surface area contributed by atoms with Crippen molar-refractivity contribution in [3.05, 3.63) is 100 Å². The van der Waals surface area contributed by atoms with Crippen LogP contribution in [-0.4, -0.2) is 47.8 Å². The SMILES string of the molecule is Clc1cc(Cl)c2ccccc2n1.Cn1ccc(-c2cc(Cl)c3ccccc3n2)n1.Cn1ccc(B2OC(C)(C)C(C)(C)O2)n1. The molecule has 0 N–H and O–H groups in total. The van der Waals surface area contributed by atoms with Gasteiger partial charge in [0.05, 0.1) is 43.6 Å². The molecule has 0 bridgehead atoms. The summed E-state index contributed by atoms with van der Waals surface area (Å²) in [7, 11) is 3.41. The highest BCUT2D eigenvalue weighted by atomic mass is 35.5. The Labute approximate surface area is 272 Å². The smallest absolute Gasteiger partial charge is 0.398 e. The van der Waals surface area contributed by atoms with Gasteiger partial charge >= 0.3 is 7.12 Å². The minimum atomic E-state index is -0.351. The summed E-state index contributed by atoms with van der Waals surface area (Å²) in [5.41, 5.74) is 3.59. The van der Waals surface area contributed by atoms with Gasteiger partial charge in [0.2, 0.25) is 0 Å². The number of halogens is 3. The first kappa shape index (κ1) is 31.9. The quantitative estimate of drug-likeness (QED) is 0.142. The molecule has 0 unspecified atom stereocenters. The molecule has 1 saturated heterocycles. The average molecular weight is 650 g/mol. The van der Waals surface area contributed by atoms with E-state index in [1.165, 1.54) is 0 Å². The molecule has 0 amide bonds. The average Bonchev–Trinajstić information content (AvgIpc) is 3.66. The lowest BCUT2D eigenvalue weighted by atomic mass is 9.85. The normalized spacial score (nSPS) is 15.1. The first-order valence-corrected chi connectivity index (χ1v) is 15.1. The van der Waals surface area contributed by atoms with Crippen LogP contribution in [0.2, 0.25) is 15.2 Å². The van der Waals surface area contributed by atoms with Crippen molar-refractivity contribution in [3.8, 4) is 11.4 Å². The van der Waals surface area contributed by atoms with Crippen molar-refractivity contribution in [1.82, 2.24) is 29.5 Å². The van der Waals surface area contributed by atoms with Gasteiger partial charge in [-0.1, -0.05) is 71.2 Å². The molecule has 7 rings (SSSR count). The standard InChI is InChI=1S/C13H10ClN3.C10H17BN2O2.C9H5Cl2N/c1-17-7-6-12(16-17)13-8-10(14)9-4-2-3-5-11(9)15-13;1-9(2)10(3,4)15-11(14-9)8-6-7-13(5)12-8;10-7-5-9(11)12-8-4-2-1-3-6(7)8/h2-8H,1H3;6-7H,1-5H3;1-5H. The molecule has 12 heteroatoms. The van der Waals surface area contributed by atoms with Gasteiger partial charge in [0.25, 0.3) is 0 Å². The Morgan fingerprint density at radius 2 is 1.16 bits per heavy atom. The van der Waals surface area contributed by atoms with Crippen LogP contribution in [0.25, 0.3) is 33.2 Å². The van der Waals surface area contributed by atoms with Crippen molar-refractivity contribution in [2.24, 2.45) is 14.1 Å². The van der Waals surface area contributed by atoms with Gasteiger partial charge < -0.3 is 9.31 Å². The Bertz CT molecular complexity index is 1910. The third-order valence-electron chi connectivity index (χ3n) is 7.51. The van der Waals surface area contributed by atoms with E-state index in [0.717, 1.165) is 38.8 Å². The van der Waals surface area contributed by atoms with Gasteiger partial charge in [0, 0.05) is 37.3 Å². The highest BCUT2D eigenvalue weighted by Crippen LogP contribution is 2.36. The number of rotatable bonds is 2. The third-order valence-corrected chi connectivity index (χ3v) is 8.32. The number of hydrogen-bond acceptors (Lipinski definition) is 6. The van der Waals surface area contributed by atoms with Gasteiger partial charge in [0.1, 0.15) is 10.8 Å². The zero-order valence-electron chi connectivity index (χ0n) is 25.3. The zero-order chi connectivity index (χ0) is 31.6. The maximum Gasteiger partial charge on any atom is 0.516 e. The van der Waals surface area contributed by atoms with Crippen LogP contribution in [0.15, 0.2) is 85.2 Å². The molecule has 2 aromatic carbocycles. The topological polar surface area (TPSA) is 79.9 Å². The van der Waals surface area contributed by atoms with Crippen molar-refractivity contribution in [1.29, 1.82) is 0 Å². The van der Waals surface area contributed by atoms with Crippen molar-refractivity contribution >= 4 is 69.3 Å². The highest BCUT2D eigenvalue weighted by molar-refractivity contribution is 6.61. The Hall–Kier alpha value is -3.47.